The molecule has 7 nitrogen and oxygen atoms in total. The molecule has 8 heteroatoms. The summed E-state index contributed by atoms with van der Waals surface area (Å²) in [5, 5.41) is 13.8. The SMILES string of the molecule is Cc1cc2sc(NC(=O)OCc3ccccc3)nc2cc1[N+](=O)[O-]. The van der Waals surface area contributed by atoms with E-state index < -0.39 is 11.0 Å². The molecule has 3 rings (SSSR count). The van der Waals surface area contributed by atoms with Gasteiger partial charge < -0.3 is 4.74 Å². The zero-order chi connectivity index (χ0) is 17.1. The van der Waals surface area contributed by atoms with Gasteiger partial charge in [0, 0.05) is 11.6 Å². The van der Waals surface area contributed by atoms with Crippen molar-refractivity contribution in [3.63, 3.8) is 0 Å². The van der Waals surface area contributed by atoms with Gasteiger partial charge in [0.2, 0.25) is 0 Å². The molecule has 1 aromatic heterocycles. The lowest BCUT2D eigenvalue weighted by Gasteiger charge is -2.04. The Morgan fingerprint density at radius 3 is 2.79 bits per heavy atom. The average Bonchev–Trinajstić information content (AvgIpc) is 2.94. The molecule has 3 aromatic rings. The number of benzene rings is 2. The molecule has 2 aromatic carbocycles. The van der Waals surface area contributed by atoms with Crippen LogP contribution in [0.15, 0.2) is 42.5 Å². The first-order valence-electron chi connectivity index (χ1n) is 7.06. The van der Waals surface area contributed by atoms with Gasteiger partial charge in [-0.3, -0.25) is 15.4 Å². The van der Waals surface area contributed by atoms with Crippen molar-refractivity contribution in [1.82, 2.24) is 4.98 Å². The molecule has 0 bridgehead atoms. The monoisotopic (exact) mass is 343 g/mol. The standard InChI is InChI=1S/C16H13N3O4S/c1-10-7-14-12(8-13(10)19(21)22)17-15(24-14)18-16(20)23-9-11-5-3-2-4-6-11/h2-8H,9H2,1H3,(H,17,18,20). The second kappa shape index (κ2) is 6.63. The van der Waals surface area contributed by atoms with E-state index >= 15 is 0 Å². The largest absolute Gasteiger partial charge is 0.444 e. The fraction of sp³-hybridized carbons (Fsp3) is 0.125. The van der Waals surface area contributed by atoms with Crippen LogP contribution in [0.3, 0.4) is 0 Å². The predicted octanol–water partition coefficient (Wildman–Crippen LogP) is 4.26. The van der Waals surface area contributed by atoms with Crippen LogP contribution in [0.1, 0.15) is 11.1 Å². The lowest BCUT2D eigenvalue weighted by Crippen LogP contribution is -2.13. The molecule has 1 amide bonds. The van der Waals surface area contributed by atoms with Crippen molar-refractivity contribution in [2.45, 2.75) is 13.5 Å². The Kier molecular flexibility index (Phi) is 4.39. The number of ether oxygens (including phenoxy) is 1. The highest BCUT2D eigenvalue weighted by molar-refractivity contribution is 7.22. The number of aryl methyl sites for hydroxylation is 1. The van der Waals surface area contributed by atoms with E-state index in [-0.39, 0.29) is 12.3 Å². The second-order valence-electron chi connectivity index (χ2n) is 5.07. The highest BCUT2D eigenvalue weighted by Gasteiger charge is 2.15. The third-order valence-electron chi connectivity index (χ3n) is 3.32. The maximum absolute atomic E-state index is 11.8. The van der Waals surface area contributed by atoms with Gasteiger partial charge in [-0.15, -0.1) is 0 Å². The average molecular weight is 343 g/mol. The first-order valence-corrected chi connectivity index (χ1v) is 7.88. The van der Waals surface area contributed by atoms with Gasteiger partial charge in [-0.25, -0.2) is 9.78 Å². The molecule has 0 saturated heterocycles. The number of hydrogen-bond donors (Lipinski definition) is 1. The zero-order valence-corrected chi connectivity index (χ0v) is 13.5. The van der Waals surface area contributed by atoms with Crippen LogP contribution in [0.5, 0.6) is 0 Å². The number of nitrogens with zero attached hydrogens (tertiary/aromatic N) is 2. The Morgan fingerprint density at radius 2 is 2.08 bits per heavy atom. The van der Waals surface area contributed by atoms with Gasteiger partial charge in [0.1, 0.15) is 6.61 Å². The van der Waals surface area contributed by atoms with E-state index in [1.807, 2.05) is 30.3 Å². The van der Waals surface area contributed by atoms with Crippen molar-refractivity contribution in [1.29, 1.82) is 0 Å². The molecule has 0 aliphatic rings. The van der Waals surface area contributed by atoms with Gasteiger partial charge in [-0.05, 0) is 18.6 Å². The summed E-state index contributed by atoms with van der Waals surface area (Å²) >= 11 is 1.24. The number of nitrogens with one attached hydrogen (secondary N) is 1. The van der Waals surface area contributed by atoms with Crippen molar-refractivity contribution < 1.29 is 14.5 Å². The first kappa shape index (κ1) is 15.9. The molecule has 0 fully saturated rings. The highest BCUT2D eigenvalue weighted by atomic mass is 32.1. The van der Waals surface area contributed by atoms with Crippen LogP contribution >= 0.6 is 11.3 Å². The molecule has 0 spiro atoms. The smallest absolute Gasteiger partial charge is 0.413 e. The summed E-state index contributed by atoms with van der Waals surface area (Å²) in [7, 11) is 0. The van der Waals surface area contributed by atoms with Gasteiger partial charge in [0.25, 0.3) is 5.69 Å². The molecular formula is C16H13N3O4S. The van der Waals surface area contributed by atoms with Crippen molar-refractivity contribution in [3.05, 3.63) is 63.7 Å². The third-order valence-corrected chi connectivity index (χ3v) is 4.26. The van der Waals surface area contributed by atoms with Crippen LogP contribution < -0.4 is 5.32 Å². The molecule has 0 aliphatic heterocycles. The Morgan fingerprint density at radius 1 is 1.33 bits per heavy atom. The Hall–Kier alpha value is -3.00. The number of amides is 1. The van der Waals surface area contributed by atoms with E-state index in [0.29, 0.717) is 16.2 Å². The van der Waals surface area contributed by atoms with Crippen LogP contribution in [-0.2, 0) is 11.3 Å². The number of nitro groups is 1. The number of aromatic nitrogens is 1. The highest BCUT2D eigenvalue weighted by Crippen LogP contribution is 2.31. The molecule has 0 radical (unpaired) electrons. The number of rotatable bonds is 4. The minimum Gasteiger partial charge on any atom is -0.444 e. The van der Waals surface area contributed by atoms with Gasteiger partial charge >= 0.3 is 6.09 Å². The van der Waals surface area contributed by atoms with Crippen molar-refractivity contribution in [2.75, 3.05) is 5.32 Å². The lowest BCUT2D eigenvalue weighted by atomic mass is 10.2. The predicted molar refractivity (Wildman–Crippen MR) is 91.3 cm³/mol. The molecular weight excluding hydrogens is 330 g/mol. The maximum atomic E-state index is 11.8. The summed E-state index contributed by atoms with van der Waals surface area (Å²) < 4.78 is 5.88. The van der Waals surface area contributed by atoms with E-state index in [4.69, 9.17) is 4.74 Å². The summed E-state index contributed by atoms with van der Waals surface area (Å²) in [4.78, 5) is 26.5. The van der Waals surface area contributed by atoms with Crippen LogP contribution in [0.25, 0.3) is 10.2 Å². The number of thiazole rings is 1. The Bertz CT molecular complexity index is 908. The summed E-state index contributed by atoms with van der Waals surface area (Å²) in [6.07, 6.45) is -0.621. The summed E-state index contributed by atoms with van der Waals surface area (Å²) in [6.45, 7) is 1.82. The van der Waals surface area contributed by atoms with Crippen LogP contribution in [0.4, 0.5) is 15.6 Å². The van der Waals surface area contributed by atoms with E-state index in [9.17, 15) is 14.9 Å². The van der Waals surface area contributed by atoms with E-state index in [1.54, 1.807) is 13.0 Å². The van der Waals surface area contributed by atoms with Crippen molar-refractivity contribution >= 4 is 38.5 Å². The summed E-state index contributed by atoms with van der Waals surface area (Å²) in [5.74, 6) is 0. The zero-order valence-electron chi connectivity index (χ0n) is 12.7. The molecule has 122 valence electrons. The summed E-state index contributed by atoms with van der Waals surface area (Å²) in [6, 6.07) is 12.4. The number of hydrogen-bond acceptors (Lipinski definition) is 6. The first-order chi connectivity index (χ1) is 11.5. The minimum absolute atomic E-state index is 0.00556. The van der Waals surface area contributed by atoms with E-state index in [1.165, 1.54) is 17.4 Å². The third kappa shape index (κ3) is 3.49. The number of carbonyl (C=O) groups excluding carboxylic acids is 1. The van der Waals surface area contributed by atoms with Gasteiger partial charge in [-0.1, -0.05) is 41.7 Å². The van der Waals surface area contributed by atoms with Gasteiger partial charge in [-0.2, -0.15) is 0 Å². The second-order valence-corrected chi connectivity index (χ2v) is 6.10. The minimum atomic E-state index is -0.621. The van der Waals surface area contributed by atoms with Gasteiger partial charge in [0.05, 0.1) is 15.1 Å². The van der Waals surface area contributed by atoms with Crippen molar-refractivity contribution in [3.8, 4) is 0 Å². The molecule has 1 N–H and O–H groups in total. The van der Waals surface area contributed by atoms with Crippen LogP contribution in [0, 0.1) is 17.0 Å². The lowest BCUT2D eigenvalue weighted by molar-refractivity contribution is -0.385. The van der Waals surface area contributed by atoms with Gasteiger partial charge in [0.15, 0.2) is 5.13 Å². The normalized spacial score (nSPS) is 10.5. The molecule has 0 atom stereocenters. The quantitative estimate of drug-likeness (QED) is 0.564. The number of fused-ring (bicyclic) bond motifs is 1. The Balaban J connectivity index is 1.71. The number of carbonyl (C=O) groups is 1. The topological polar surface area (TPSA) is 94.4 Å². The molecule has 0 unspecified atom stereocenters. The molecule has 0 aliphatic carbocycles. The Labute approximate surface area is 141 Å². The van der Waals surface area contributed by atoms with E-state index in [0.717, 1.165) is 10.3 Å². The molecule has 0 saturated carbocycles. The summed E-state index contributed by atoms with van der Waals surface area (Å²) in [5.41, 5.74) is 1.90. The number of anilines is 1. The fourth-order valence-electron chi connectivity index (χ4n) is 2.16. The van der Waals surface area contributed by atoms with Crippen LogP contribution in [-0.4, -0.2) is 16.0 Å². The molecule has 1 heterocycles. The van der Waals surface area contributed by atoms with Crippen molar-refractivity contribution in [2.24, 2.45) is 0 Å². The maximum Gasteiger partial charge on any atom is 0.413 e. The number of nitro benzene ring substituents is 1. The molecule has 24 heavy (non-hydrogen) atoms. The van der Waals surface area contributed by atoms with E-state index in [2.05, 4.69) is 10.3 Å². The fourth-order valence-corrected chi connectivity index (χ4v) is 3.09. The van der Waals surface area contributed by atoms with Crippen LogP contribution in [0.2, 0.25) is 0 Å².